The van der Waals surface area contributed by atoms with Crippen LogP contribution in [0.4, 0.5) is 11.4 Å². The van der Waals surface area contributed by atoms with Gasteiger partial charge in [0, 0.05) is 52.5 Å². The molecule has 9 heteroatoms. The molecule has 0 bridgehead atoms. The van der Waals surface area contributed by atoms with Gasteiger partial charge in [0.1, 0.15) is 17.1 Å². The SMILES string of the molecule is Cc1ccc2c(c1)C(C)(C)\C(=C/C=C(Cl)/C=C/C1=[N+](CCC[N+](C)(C)C)c3ccc(OS(=O)[O-])cc3C1(C)C)N2CCC[N+](C)(C)C. The van der Waals surface area contributed by atoms with Crippen LogP contribution in [0.5, 0.6) is 5.75 Å². The molecule has 256 valence electrons. The molecule has 0 spiro atoms. The molecule has 0 amide bonds. The van der Waals surface area contributed by atoms with E-state index < -0.39 is 16.8 Å². The van der Waals surface area contributed by atoms with Crippen LogP contribution >= 0.6 is 11.6 Å². The Morgan fingerprint density at radius 3 is 2.26 bits per heavy atom. The third kappa shape index (κ3) is 8.84. The number of quaternary nitrogens is 2. The second-order valence-electron chi connectivity index (χ2n) is 16.1. The molecule has 1 unspecified atom stereocenters. The van der Waals surface area contributed by atoms with E-state index in [2.05, 4.69) is 117 Å². The standard InChI is InChI=1S/C38H55ClN4O3S/c1-28-14-18-33-31(26-28)37(2,3)35(40(33)22-12-24-42(6,7)8)20-15-29(39)16-21-36-38(4,5)32-27-30(46-47(44)45)17-19-34(32)41(36)23-13-25-43(9,10)11/h14-21,26-27H,12-13,22-25H2,1-11H3/q+2. The normalized spacial score (nSPS) is 19.1. The topological polar surface area (TPSA) is 55.6 Å². The fourth-order valence-electron chi connectivity index (χ4n) is 6.84. The van der Waals surface area contributed by atoms with Crippen molar-refractivity contribution in [2.24, 2.45) is 0 Å². The quantitative estimate of drug-likeness (QED) is 0.0980. The molecule has 2 aromatic carbocycles. The highest BCUT2D eigenvalue weighted by Gasteiger charge is 2.45. The minimum Gasteiger partial charge on any atom is -0.740 e. The van der Waals surface area contributed by atoms with Gasteiger partial charge in [-0.05, 0) is 62.8 Å². The third-order valence-corrected chi connectivity index (χ3v) is 9.88. The number of rotatable bonds is 13. The summed E-state index contributed by atoms with van der Waals surface area (Å²) in [4.78, 5) is 2.48. The average molecular weight is 683 g/mol. The van der Waals surface area contributed by atoms with E-state index in [9.17, 15) is 8.76 Å². The predicted octanol–water partition coefficient (Wildman–Crippen LogP) is 7.10. The molecule has 2 aliphatic heterocycles. The van der Waals surface area contributed by atoms with Crippen molar-refractivity contribution >= 4 is 40.0 Å². The molecule has 0 radical (unpaired) electrons. The first-order chi connectivity index (χ1) is 21.7. The second-order valence-corrected chi connectivity index (χ2v) is 17.1. The van der Waals surface area contributed by atoms with E-state index in [0.717, 1.165) is 64.9 Å². The summed E-state index contributed by atoms with van der Waals surface area (Å²) in [7, 11) is 13.3. The van der Waals surface area contributed by atoms with E-state index in [1.54, 1.807) is 6.07 Å². The van der Waals surface area contributed by atoms with Gasteiger partial charge in [-0.1, -0.05) is 43.1 Å². The molecule has 1 atom stereocenters. The molecule has 2 aliphatic rings. The zero-order chi connectivity index (χ0) is 34.9. The number of nitrogens with zero attached hydrogens (tertiary/aromatic N) is 4. The van der Waals surface area contributed by atoms with Crippen molar-refractivity contribution in [2.75, 3.05) is 73.4 Å². The Labute approximate surface area is 291 Å². The van der Waals surface area contributed by atoms with Crippen LogP contribution < -0.4 is 9.08 Å². The summed E-state index contributed by atoms with van der Waals surface area (Å²) in [6, 6.07) is 12.3. The first kappa shape index (κ1) is 37.1. The van der Waals surface area contributed by atoms with E-state index in [0.29, 0.717) is 10.8 Å². The number of hydrogen-bond donors (Lipinski definition) is 0. The molecule has 0 fully saturated rings. The maximum Gasteiger partial charge on any atom is 0.210 e. The van der Waals surface area contributed by atoms with Gasteiger partial charge in [0.05, 0.1) is 67.2 Å². The first-order valence-corrected chi connectivity index (χ1v) is 17.9. The van der Waals surface area contributed by atoms with E-state index in [1.165, 1.54) is 22.5 Å². The highest BCUT2D eigenvalue weighted by molar-refractivity contribution is 7.74. The summed E-state index contributed by atoms with van der Waals surface area (Å²) in [5.74, 6) is 0.313. The number of hydrogen-bond acceptors (Lipinski definition) is 4. The number of allylic oxidation sites excluding steroid dienone is 6. The highest BCUT2D eigenvalue weighted by atomic mass is 35.5. The molecule has 2 heterocycles. The predicted molar refractivity (Wildman–Crippen MR) is 197 cm³/mol. The van der Waals surface area contributed by atoms with Crippen molar-refractivity contribution in [3.05, 3.63) is 88.1 Å². The molecular weight excluding hydrogens is 628 g/mol. The van der Waals surface area contributed by atoms with Crippen molar-refractivity contribution in [3.63, 3.8) is 0 Å². The number of aryl methyl sites for hydroxylation is 1. The third-order valence-electron chi connectivity index (χ3n) is 9.30. The number of fused-ring (bicyclic) bond motifs is 2. The Kier molecular flexibility index (Phi) is 11.0. The zero-order valence-electron chi connectivity index (χ0n) is 30.3. The molecule has 0 saturated heterocycles. The Bertz CT molecular complexity index is 1640. The largest absolute Gasteiger partial charge is 0.740 e. The highest BCUT2D eigenvalue weighted by Crippen LogP contribution is 2.48. The molecular formula is C38H55ClN4O3S+2. The van der Waals surface area contributed by atoms with Crippen molar-refractivity contribution in [1.29, 1.82) is 0 Å². The summed E-state index contributed by atoms with van der Waals surface area (Å²) >= 11 is 4.33. The van der Waals surface area contributed by atoms with Crippen LogP contribution in [0.15, 0.2) is 71.4 Å². The van der Waals surface area contributed by atoms with E-state index in [-0.39, 0.29) is 5.41 Å². The van der Waals surface area contributed by atoms with Crippen LogP contribution in [0.2, 0.25) is 0 Å². The summed E-state index contributed by atoms with van der Waals surface area (Å²) in [6.45, 7) is 15.0. The number of benzene rings is 2. The Balaban J connectivity index is 1.69. The van der Waals surface area contributed by atoms with Gasteiger partial charge in [0.2, 0.25) is 5.69 Å². The van der Waals surface area contributed by atoms with Crippen molar-refractivity contribution in [1.82, 2.24) is 0 Å². The van der Waals surface area contributed by atoms with Crippen LogP contribution in [-0.2, 0) is 22.2 Å². The lowest BCUT2D eigenvalue weighted by Crippen LogP contribution is -2.37. The Morgan fingerprint density at radius 2 is 1.62 bits per heavy atom. The van der Waals surface area contributed by atoms with Gasteiger partial charge < -0.3 is 22.6 Å². The molecule has 4 rings (SSSR count). The molecule has 7 nitrogen and oxygen atoms in total. The maximum absolute atomic E-state index is 11.3. The fraction of sp³-hybridized carbons (Fsp3) is 0.500. The van der Waals surface area contributed by atoms with Crippen LogP contribution in [0, 0.1) is 6.92 Å². The fourth-order valence-corrected chi connectivity index (χ4v) is 7.22. The average Bonchev–Trinajstić information content (AvgIpc) is 3.27. The Morgan fingerprint density at radius 1 is 0.957 bits per heavy atom. The summed E-state index contributed by atoms with van der Waals surface area (Å²) in [5, 5.41) is 0.642. The van der Waals surface area contributed by atoms with E-state index in [1.807, 2.05) is 24.3 Å². The van der Waals surface area contributed by atoms with Crippen LogP contribution in [0.1, 0.15) is 57.2 Å². The summed E-state index contributed by atoms with van der Waals surface area (Å²) < 4.78 is 31.8. The summed E-state index contributed by atoms with van der Waals surface area (Å²) in [5.41, 5.74) is 7.80. The van der Waals surface area contributed by atoms with Gasteiger partial charge in [0.15, 0.2) is 12.3 Å². The van der Waals surface area contributed by atoms with Gasteiger partial charge in [0.25, 0.3) is 0 Å². The van der Waals surface area contributed by atoms with Gasteiger partial charge in [-0.15, -0.1) is 0 Å². The molecule has 0 aromatic heterocycles. The molecule has 0 aliphatic carbocycles. The van der Waals surface area contributed by atoms with Gasteiger partial charge in [-0.25, -0.2) is 4.21 Å². The number of anilines is 1. The second kappa shape index (κ2) is 14.0. The zero-order valence-corrected chi connectivity index (χ0v) is 31.9. The van der Waals surface area contributed by atoms with Crippen LogP contribution in [-0.4, -0.2) is 96.5 Å². The van der Waals surface area contributed by atoms with Crippen LogP contribution in [0.25, 0.3) is 0 Å². The lowest BCUT2D eigenvalue weighted by molar-refractivity contribution is -0.871. The first-order valence-electron chi connectivity index (χ1n) is 16.5. The number of halogens is 1. The van der Waals surface area contributed by atoms with Crippen molar-refractivity contribution in [2.45, 2.75) is 58.3 Å². The van der Waals surface area contributed by atoms with Gasteiger partial charge >= 0.3 is 0 Å². The molecule has 47 heavy (non-hydrogen) atoms. The molecule has 2 aromatic rings. The van der Waals surface area contributed by atoms with Crippen molar-refractivity contribution < 1.29 is 26.5 Å². The lowest BCUT2D eigenvalue weighted by Gasteiger charge is -2.29. The lowest BCUT2D eigenvalue weighted by atomic mass is 9.81. The van der Waals surface area contributed by atoms with Gasteiger partial charge in [-0.3, -0.25) is 0 Å². The molecule has 0 N–H and O–H groups in total. The van der Waals surface area contributed by atoms with Crippen molar-refractivity contribution in [3.8, 4) is 5.75 Å². The van der Waals surface area contributed by atoms with E-state index >= 15 is 0 Å². The Hall–Kier alpha value is -2.75. The summed E-state index contributed by atoms with van der Waals surface area (Å²) in [6.07, 6.45) is 10.4. The monoisotopic (exact) mass is 682 g/mol. The minimum absolute atomic E-state index is 0.158. The van der Waals surface area contributed by atoms with Crippen LogP contribution in [0.3, 0.4) is 0 Å². The van der Waals surface area contributed by atoms with E-state index in [4.69, 9.17) is 15.8 Å². The molecule has 0 saturated carbocycles. The van der Waals surface area contributed by atoms with Gasteiger partial charge in [-0.2, -0.15) is 4.58 Å². The maximum atomic E-state index is 11.3. The smallest absolute Gasteiger partial charge is 0.210 e. The minimum atomic E-state index is -2.63.